The van der Waals surface area contributed by atoms with Gasteiger partial charge in [0.2, 0.25) is 21.8 Å². The van der Waals surface area contributed by atoms with Gasteiger partial charge in [-0.15, -0.1) is 0 Å². The van der Waals surface area contributed by atoms with Crippen molar-refractivity contribution in [3.63, 3.8) is 0 Å². The van der Waals surface area contributed by atoms with Crippen LogP contribution in [0.4, 0.5) is 5.13 Å². The second-order valence-corrected chi connectivity index (χ2v) is 13.7. The number of amides is 1. The summed E-state index contributed by atoms with van der Waals surface area (Å²) in [5.74, 6) is -0.866. The molecule has 3 aromatic rings. The largest absolute Gasteiger partial charge is 0.481 e. The normalized spacial score (nSPS) is 17.5. The van der Waals surface area contributed by atoms with Crippen molar-refractivity contribution in [1.29, 1.82) is 0 Å². The molecule has 1 aliphatic carbocycles. The molecule has 1 unspecified atom stereocenters. The number of thiazole rings is 1. The highest BCUT2D eigenvalue weighted by Crippen LogP contribution is 2.36. The first-order chi connectivity index (χ1) is 20.2. The number of aliphatic carboxylic acids is 1. The summed E-state index contributed by atoms with van der Waals surface area (Å²) in [5, 5.41) is 12.6. The summed E-state index contributed by atoms with van der Waals surface area (Å²) in [6.45, 7) is 0.748. The molecule has 226 valence electrons. The number of hydrogen-bond acceptors (Lipinski definition) is 9. The third-order valence-electron chi connectivity index (χ3n) is 8.06. The number of carboxylic acid groups (broad SMARTS) is 1. The standard InChI is InChI=1S/C29H36N4O7S2/c1-39-25-11-10-24-28(31-25)41-29(30-24)32-27(36)23(18-19-4-2-3-5-19)20-6-8-22(9-7-20)42(37,38)33(15-12-26(34)35)21-13-16-40-17-14-21/h6-11,19,21,23H,2-5,12-18H2,1H3,(H,34,35)(H,30,32,36). The van der Waals surface area contributed by atoms with E-state index in [1.807, 2.05) is 0 Å². The van der Waals surface area contributed by atoms with Gasteiger partial charge < -0.3 is 19.9 Å². The molecular weight excluding hydrogens is 580 g/mol. The van der Waals surface area contributed by atoms with E-state index >= 15 is 0 Å². The van der Waals surface area contributed by atoms with Gasteiger partial charge in [0.15, 0.2) is 5.13 Å². The van der Waals surface area contributed by atoms with E-state index in [2.05, 4.69) is 15.3 Å². The number of benzene rings is 1. The summed E-state index contributed by atoms with van der Waals surface area (Å²) < 4.78 is 39.3. The summed E-state index contributed by atoms with van der Waals surface area (Å²) in [4.78, 5) is 34.6. The van der Waals surface area contributed by atoms with Gasteiger partial charge in [0.1, 0.15) is 10.3 Å². The highest BCUT2D eigenvalue weighted by atomic mass is 32.2. The number of anilines is 1. The molecule has 2 aliphatic rings. The summed E-state index contributed by atoms with van der Waals surface area (Å²) in [5.41, 5.74) is 1.39. The van der Waals surface area contributed by atoms with Gasteiger partial charge >= 0.3 is 5.97 Å². The first kappa shape index (κ1) is 30.3. The minimum absolute atomic E-state index is 0.0781. The molecule has 1 saturated carbocycles. The van der Waals surface area contributed by atoms with Crippen molar-refractivity contribution < 1.29 is 32.6 Å². The number of ether oxygens (including phenoxy) is 2. The molecule has 2 fully saturated rings. The highest BCUT2D eigenvalue weighted by molar-refractivity contribution is 7.89. The second-order valence-electron chi connectivity index (χ2n) is 10.8. The summed E-state index contributed by atoms with van der Waals surface area (Å²) in [6.07, 6.45) is 5.78. The first-order valence-corrected chi connectivity index (χ1v) is 16.5. The van der Waals surface area contributed by atoms with Crippen LogP contribution in [0.3, 0.4) is 0 Å². The number of nitrogens with zero attached hydrogens (tertiary/aromatic N) is 3. The number of fused-ring (bicyclic) bond motifs is 1. The Balaban J connectivity index is 1.38. The molecule has 0 spiro atoms. The molecule has 3 heterocycles. The van der Waals surface area contributed by atoms with Crippen LogP contribution in [-0.4, -0.2) is 72.6 Å². The van der Waals surface area contributed by atoms with Crippen molar-refractivity contribution >= 4 is 48.7 Å². The summed E-state index contributed by atoms with van der Waals surface area (Å²) in [6, 6.07) is 9.65. The fourth-order valence-corrected chi connectivity index (χ4v) is 8.34. The Morgan fingerprint density at radius 2 is 1.81 bits per heavy atom. The Morgan fingerprint density at radius 3 is 2.48 bits per heavy atom. The van der Waals surface area contributed by atoms with Crippen LogP contribution < -0.4 is 10.1 Å². The molecule has 1 saturated heterocycles. The quantitative estimate of drug-likeness (QED) is 0.297. The first-order valence-electron chi connectivity index (χ1n) is 14.3. The number of nitrogens with one attached hydrogen (secondary N) is 1. The van der Waals surface area contributed by atoms with Gasteiger partial charge in [-0.05, 0) is 48.9 Å². The predicted octanol–water partition coefficient (Wildman–Crippen LogP) is 4.65. The van der Waals surface area contributed by atoms with Crippen LogP contribution in [0.15, 0.2) is 41.3 Å². The number of rotatable bonds is 12. The van der Waals surface area contributed by atoms with Crippen molar-refractivity contribution in [3.8, 4) is 5.88 Å². The fraction of sp³-hybridized carbons (Fsp3) is 0.517. The number of hydrogen-bond donors (Lipinski definition) is 2. The Hall–Kier alpha value is -3.13. The smallest absolute Gasteiger partial charge is 0.304 e. The van der Waals surface area contributed by atoms with E-state index in [4.69, 9.17) is 9.47 Å². The van der Waals surface area contributed by atoms with Crippen molar-refractivity contribution in [3.05, 3.63) is 42.0 Å². The Kier molecular flexibility index (Phi) is 9.71. The molecule has 42 heavy (non-hydrogen) atoms. The molecule has 2 N–H and O–H groups in total. The number of sulfonamides is 1. The third kappa shape index (κ3) is 7.08. The molecule has 2 aromatic heterocycles. The van der Waals surface area contributed by atoms with Gasteiger partial charge in [-0.25, -0.2) is 18.4 Å². The van der Waals surface area contributed by atoms with E-state index in [0.29, 0.717) is 59.8 Å². The highest BCUT2D eigenvalue weighted by Gasteiger charge is 2.34. The molecule has 13 heteroatoms. The monoisotopic (exact) mass is 616 g/mol. The molecule has 1 atom stereocenters. The molecule has 0 bridgehead atoms. The molecule has 1 aliphatic heterocycles. The molecule has 11 nitrogen and oxygen atoms in total. The van der Waals surface area contributed by atoms with E-state index < -0.39 is 21.9 Å². The van der Waals surface area contributed by atoms with Crippen LogP contribution in [0.25, 0.3) is 10.3 Å². The lowest BCUT2D eigenvalue weighted by molar-refractivity contribution is -0.137. The van der Waals surface area contributed by atoms with E-state index in [1.54, 1.807) is 31.4 Å². The molecule has 1 aromatic carbocycles. The Bertz CT molecular complexity index is 1500. The second kappa shape index (κ2) is 13.4. The number of carbonyl (C=O) groups is 2. The molecule has 0 radical (unpaired) electrons. The number of methoxy groups -OCH3 is 1. The van der Waals surface area contributed by atoms with Gasteiger partial charge in [0.05, 0.1) is 24.3 Å². The van der Waals surface area contributed by atoms with E-state index in [-0.39, 0.29) is 29.8 Å². The lowest BCUT2D eigenvalue weighted by Crippen LogP contribution is -2.44. The van der Waals surface area contributed by atoms with Crippen molar-refractivity contribution in [2.24, 2.45) is 5.92 Å². The fourth-order valence-electron chi connectivity index (χ4n) is 5.82. The van der Waals surface area contributed by atoms with Gasteiger partial charge in [-0.1, -0.05) is 49.2 Å². The lowest BCUT2D eigenvalue weighted by Gasteiger charge is -2.33. The number of pyridine rings is 1. The molecule has 1 amide bonds. The van der Waals surface area contributed by atoms with Crippen LogP contribution in [0.2, 0.25) is 0 Å². The topological polar surface area (TPSA) is 148 Å². The number of carboxylic acids is 1. The number of aromatic nitrogens is 2. The zero-order valence-corrected chi connectivity index (χ0v) is 25.2. The maximum Gasteiger partial charge on any atom is 0.304 e. The average Bonchev–Trinajstić information content (AvgIpc) is 3.65. The number of carbonyl (C=O) groups excluding carboxylic acids is 1. The van der Waals surface area contributed by atoms with Crippen LogP contribution in [0.1, 0.15) is 62.8 Å². The summed E-state index contributed by atoms with van der Waals surface area (Å²) in [7, 11) is -2.42. The third-order valence-corrected chi connectivity index (χ3v) is 10.9. The maximum absolute atomic E-state index is 13.7. The van der Waals surface area contributed by atoms with Crippen molar-refractivity contribution in [2.45, 2.75) is 68.2 Å². The van der Waals surface area contributed by atoms with Gasteiger partial charge in [0, 0.05) is 31.9 Å². The van der Waals surface area contributed by atoms with Crippen LogP contribution >= 0.6 is 11.3 Å². The van der Waals surface area contributed by atoms with Gasteiger partial charge in [0.25, 0.3) is 0 Å². The van der Waals surface area contributed by atoms with Gasteiger partial charge in [-0.2, -0.15) is 4.31 Å². The Labute approximate surface area is 249 Å². The average molecular weight is 617 g/mol. The van der Waals surface area contributed by atoms with E-state index in [0.717, 1.165) is 31.2 Å². The SMILES string of the molecule is COc1ccc2nc(NC(=O)C(CC3CCCC3)c3ccc(S(=O)(=O)N(CCC(=O)O)C4CCOCC4)cc3)sc2n1. The predicted molar refractivity (Wildman–Crippen MR) is 158 cm³/mol. The zero-order valence-electron chi connectivity index (χ0n) is 23.5. The zero-order chi connectivity index (χ0) is 29.7. The van der Waals surface area contributed by atoms with Crippen molar-refractivity contribution in [2.75, 3.05) is 32.2 Å². The van der Waals surface area contributed by atoms with E-state index in [1.165, 1.54) is 27.8 Å². The van der Waals surface area contributed by atoms with Crippen molar-refractivity contribution in [1.82, 2.24) is 14.3 Å². The molecule has 5 rings (SSSR count). The Morgan fingerprint density at radius 1 is 1.10 bits per heavy atom. The molecular formula is C29H36N4O7S2. The minimum Gasteiger partial charge on any atom is -0.481 e. The van der Waals surface area contributed by atoms with Gasteiger partial charge in [-0.3, -0.25) is 9.59 Å². The maximum atomic E-state index is 13.7. The summed E-state index contributed by atoms with van der Waals surface area (Å²) >= 11 is 1.27. The van der Waals surface area contributed by atoms with Crippen LogP contribution in [0, 0.1) is 5.92 Å². The van der Waals surface area contributed by atoms with Crippen LogP contribution in [-0.2, 0) is 24.3 Å². The lowest BCUT2D eigenvalue weighted by atomic mass is 9.87. The van der Waals surface area contributed by atoms with E-state index in [9.17, 15) is 23.1 Å². The van der Waals surface area contributed by atoms with Crippen LogP contribution in [0.5, 0.6) is 5.88 Å². The minimum atomic E-state index is -3.96.